The quantitative estimate of drug-likeness (QED) is 0.793. The monoisotopic (exact) mass is 425 g/mol. The van der Waals surface area contributed by atoms with Crippen LogP contribution in [-0.4, -0.2) is 60.8 Å². The minimum absolute atomic E-state index is 0.0170. The lowest BCUT2D eigenvalue weighted by Gasteiger charge is -2.29. The molecule has 5 heterocycles. The van der Waals surface area contributed by atoms with Gasteiger partial charge in [-0.2, -0.15) is 5.10 Å². The first-order chi connectivity index (χ1) is 14.8. The van der Waals surface area contributed by atoms with Crippen LogP contribution in [0.15, 0.2) is 17.2 Å². The molecule has 0 aromatic carbocycles. The highest BCUT2D eigenvalue weighted by atomic mass is 16.2. The number of nitrogens with zero attached hydrogens (tertiary/aromatic N) is 6. The molecule has 1 saturated heterocycles. The van der Waals surface area contributed by atoms with Crippen LogP contribution in [0.1, 0.15) is 49.3 Å². The summed E-state index contributed by atoms with van der Waals surface area (Å²) in [5, 5.41) is 7.23. The second-order valence-corrected chi connectivity index (χ2v) is 9.61. The van der Waals surface area contributed by atoms with Crippen molar-refractivity contribution in [1.82, 2.24) is 34.4 Å². The Bertz CT molecular complexity index is 1070. The van der Waals surface area contributed by atoms with Crippen LogP contribution in [0.2, 0.25) is 0 Å². The van der Waals surface area contributed by atoms with E-state index < -0.39 is 0 Å². The molecule has 2 aromatic rings. The standard InChI is InChI=1S/C22H31N7O2/c1-15(2)24-21(31)28-8-5-22(14-28)6-9-29-19(30)17-13-27(7-4-18(17)25-20(22)29)12-16-10-23-26(3)11-16/h10-11,15H,4-9,12-14H2,1-3H3,(H,24,31). The van der Waals surface area contributed by atoms with E-state index in [4.69, 9.17) is 4.98 Å². The van der Waals surface area contributed by atoms with E-state index in [9.17, 15) is 9.59 Å². The van der Waals surface area contributed by atoms with Crippen LogP contribution in [-0.2, 0) is 38.5 Å². The van der Waals surface area contributed by atoms with Gasteiger partial charge in [0.2, 0.25) is 0 Å². The summed E-state index contributed by atoms with van der Waals surface area (Å²) in [6.07, 6.45) is 6.44. The zero-order valence-electron chi connectivity index (χ0n) is 18.6. The Morgan fingerprint density at radius 1 is 1.26 bits per heavy atom. The largest absolute Gasteiger partial charge is 0.336 e. The van der Waals surface area contributed by atoms with E-state index in [0.717, 1.165) is 55.0 Å². The Balaban J connectivity index is 1.38. The zero-order chi connectivity index (χ0) is 21.8. The van der Waals surface area contributed by atoms with Gasteiger partial charge in [-0.1, -0.05) is 0 Å². The van der Waals surface area contributed by atoms with E-state index in [1.807, 2.05) is 47.4 Å². The van der Waals surface area contributed by atoms with Gasteiger partial charge in [0, 0.05) is 76.0 Å². The van der Waals surface area contributed by atoms with Gasteiger partial charge < -0.3 is 10.2 Å². The molecule has 1 unspecified atom stereocenters. The number of amides is 2. The van der Waals surface area contributed by atoms with E-state index in [2.05, 4.69) is 15.3 Å². The van der Waals surface area contributed by atoms with E-state index in [-0.39, 0.29) is 23.0 Å². The average Bonchev–Trinajstić information content (AvgIpc) is 3.43. The molecule has 9 nitrogen and oxygen atoms in total. The van der Waals surface area contributed by atoms with Gasteiger partial charge in [0.15, 0.2) is 0 Å². The highest BCUT2D eigenvalue weighted by Gasteiger charge is 2.48. The third-order valence-corrected chi connectivity index (χ3v) is 6.90. The minimum atomic E-state index is -0.185. The number of rotatable bonds is 3. The van der Waals surface area contributed by atoms with Gasteiger partial charge >= 0.3 is 6.03 Å². The van der Waals surface area contributed by atoms with Crippen molar-refractivity contribution in [2.24, 2.45) is 7.05 Å². The third-order valence-electron chi connectivity index (χ3n) is 6.90. The molecule has 9 heteroatoms. The molecule has 2 amide bonds. The van der Waals surface area contributed by atoms with Crippen molar-refractivity contribution in [3.05, 3.63) is 45.4 Å². The Kier molecular flexibility index (Phi) is 4.88. The van der Waals surface area contributed by atoms with Gasteiger partial charge in [0.05, 0.1) is 17.5 Å². The molecule has 31 heavy (non-hydrogen) atoms. The van der Waals surface area contributed by atoms with Gasteiger partial charge in [0.1, 0.15) is 5.82 Å². The zero-order valence-corrected chi connectivity index (χ0v) is 18.6. The van der Waals surface area contributed by atoms with E-state index >= 15 is 0 Å². The number of hydrogen-bond acceptors (Lipinski definition) is 5. The Morgan fingerprint density at radius 3 is 2.81 bits per heavy atom. The average molecular weight is 426 g/mol. The molecular formula is C22H31N7O2. The fourth-order valence-corrected chi connectivity index (χ4v) is 5.34. The van der Waals surface area contributed by atoms with E-state index in [1.165, 1.54) is 0 Å². The summed E-state index contributed by atoms with van der Waals surface area (Å²) >= 11 is 0. The van der Waals surface area contributed by atoms with Crippen LogP contribution in [0.5, 0.6) is 0 Å². The van der Waals surface area contributed by atoms with Crippen LogP contribution in [0.4, 0.5) is 4.79 Å². The Morgan fingerprint density at radius 2 is 2.06 bits per heavy atom. The maximum absolute atomic E-state index is 13.4. The van der Waals surface area contributed by atoms with Crippen molar-refractivity contribution in [3.8, 4) is 0 Å². The number of carbonyl (C=O) groups excluding carboxylic acids is 1. The summed E-state index contributed by atoms with van der Waals surface area (Å²) in [4.78, 5) is 35.1. The van der Waals surface area contributed by atoms with Crippen molar-refractivity contribution < 1.29 is 4.79 Å². The molecule has 166 valence electrons. The van der Waals surface area contributed by atoms with Gasteiger partial charge in [-0.05, 0) is 26.7 Å². The first kappa shape index (κ1) is 20.2. The lowest BCUT2D eigenvalue weighted by molar-refractivity contribution is 0.202. The van der Waals surface area contributed by atoms with Crippen molar-refractivity contribution in [2.75, 3.05) is 19.6 Å². The Hall–Kier alpha value is -2.68. The summed E-state index contributed by atoms with van der Waals surface area (Å²) in [6, 6.07) is 0.0963. The maximum atomic E-state index is 13.4. The summed E-state index contributed by atoms with van der Waals surface area (Å²) in [6.45, 7) is 8.29. The molecule has 0 aliphatic carbocycles. The molecular weight excluding hydrogens is 394 g/mol. The lowest BCUT2D eigenvalue weighted by atomic mass is 9.85. The maximum Gasteiger partial charge on any atom is 0.317 e. The second kappa shape index (κ2) is 7.47. The predicted molar refractivity (Wildman–Crippen MR) is 116 cm³/mol. The van der Waals surface area contributed by atoms with Crippen molar-refractivity contribution in [1.29, 1.82) is 0 Å². The smallest absolute Gasteiger partial charge is 0.317 e. The molecule has 1 atom stereocenters. The van der Waals surface area contributed by atoms with Crippen LogP contribution in [0.3, 0.4) is 0 Å². The summed E-state index contributed by atoms with van der Waals surface area (Å²) in [5.74, 6) is 0.900. The van der Waals surface area contributed by atoms with Gasteiger partial charge in [0.25, 0.3) is 5.56 Å². The molecule has 3 aliphatic rings. The molecule has 2 aromatic heterocycles. The molecule has 1 N–H and O–H groups in total. The topological polar surface area (TPSA) is 88.3 Å². The normalized spacial score (nSPS) is 22.9. The number of carbonyl (C=O) groups is 1. The molecule has 0 saturated carbocycles. The Labute approximate surface area is 182 Å². The van der Waals surface area contributed by atoms with Gasteiger partial charge in [-0.25, -0.2) is 9.78 Å². The van der Waals surface area contributed by atoms with Crippen molar-refractivity contribution in [2.45, 2.75) is 64.2 Å². The van der Waals surface area contributed by atoms with E-state index in [1.54, 1.807) is 0 Å². The molecule has 1 spiro atoms. The molecule has 0 radical (unpaired) electrons. The summed E-state index contributed by atoms with van der Waals surface area (Å²) in [5.41, 5.74) is 2.87. The fourth-order valence-electron chi connectivity index (χ4n) is 5.34. The number of urea groups is 1. The van der Waals surface area contributed by atoms with Crippen LogP contribution < -0.4 is 10.9 Å². The number of nitrogens with one attached hydrogen (secondary N) is 1. The van der Waals surface area contributed by atoms with E-state index in [0.29, 0.717) is 26.2 Å². The number of aromatic nitrogens is 4. The summed E-state index contributed by atoms with van der Waals surface area (Å²) in [7, 11) is 1.92. The fraction of sp³-hybridized carbons (Fsp3) is 0.636. The molecule has 3 aliphatic heterocycles. The number of likely N-dealkylation sites (tertiary alicyclic amines) is 1. The highest BCUT2D eigenvalue weighted by Crippen LogP contribution is 2.41. The van der Waals surface area contributed by atoms with Crippen molar-refractivity contribution >= 4 is 6.03 Å². The molecule has 5 rings (SSSR count). The number of fused-ring (bicyclic) bond motifs is 3. The SMILES string of the molecule is CC(C)NC(=O)N1CCC2(CCn3c2nc2c(c3=O)CN(Cc3cnn(C)c3)CC2)C1. The van der Waals surface area contributed by atoms with Crippen LogP contribution in [0.25, 0.3) is 0 Å². The highest BCUT2D eigenvalue weighted by molar-refractivity contribution is 5.75. The molecule has 1 fully saturated rings. The predicted octanol–water partition coefficient (Wildman–Crippen LogP) is 1.00. The lowest BCUT2D eigenvalue weighted by Crippen LogP contribution is -2.43. The van der Waals surface area contributed by atoms with Crippen LogP contribution in [0, 0.1) is 0 Å². The second-order valence-electron chi connectivity index (χ2n) is 9.61. The first-order valence-corrected chi connectivity index (χ1v) is 11.2. The minimum Gasteiger partial charge on any atom is -0.336 e. The van der Waals surface area contributed by atoms with Crippen molar-refractivity contribution in [3.63, 3.8) is 0 Å². The van der Waals surface area contributed by atoms with Gasteiger partial charge in [-0.15, -0.1) is 0 Å². The summed E-state index contributed by atoms with van der Waals surface area (Å²) < 4.78 is 3.69. The number of hydrogen-bond donors (Lipinski definition) is 1. The third kappa shape index (κ3) is 3.54. The molecule has 0 bridgehead atoms. The first-order valence-electron chi connectivity index (χ1n) is 11.2. The van der Waals surface area contributed by atoms with Crippen LogP contribution >= 0.6 is 0 Å². The van der Waals surface area contributed by atoms with Gasteiger partial charge in [-0.3, -0.25) is 18.9 Å². The number of aryl methyl sites for hydroxylation is 1.